The first-order chi connectivity index (χ1) is 13.6. The summed E-state index contributed by atoms with van der Waals surface area (Å²) in [5, 5.41) is 11.7. The Morgan fingerprint density at radius 2 is 1.86 bits per heavy atom. The number of carbonyl (C=O) groups is 1. The molecule has 140 valence electrons. The Hall–Kier alpha value is -3.23. The highest BCUT2D eigenvalue weighted by Gasteiger charge is 2.14. The standard InChI is InChI=1S/C23H20N2O2S/c1-17(28-22-11-3-2-4-12-22)23(26)25-20-9-6-10-21(14-20)27-16-19-8-5-7-18(13-19)15-24/h2-14,17H,16H2,1H3,(H,25,26). The van der Waals surface area contributed by atoms with E-state index in [2.05, 4.69) is 11.4 Å². The lowest BCUT2D eigenvalue weighted by Crippen LogP contribution is -2.22. The van der Waals surface area contributed by atoms with Crippen LogP contribution in [0, 0.1) is 11.3 Å². The van der Waals surface area contributed by atoms with Crippen molar-refractivity contribution in [2.24, 2.45) is 0 Å². The highest BCUT2D eigenvalue weighted by molar-refractivity contribution is 8.00. The molecule has 0 radical (unpaired) electrons. The van der Waals surface area contributed by atoms with Crippen molar-refractivity contribution in [3.8, 4) is 11.8 Å². The van der Waals surface area contributed by atoms with Crippen molar-refractivity contribution in [1.82, 2.24) is 0 Å². The van der Waals surface area contributed by atoms with E-state index in [4.69, 9.17) is 10.00 Å². The van der Waals surface area contributed by atoms with Crippen LogP contribution in [-0.4, -0.2) is 11.2 Å². The Morgan fingerprint density at radius 1 is 1.07 bits per heavy atom. The maximum atomic E-state index is 12.5. The van der Waals surface area contributed by atoms with Crippen LogP contribution in [-0.2, 0) is 11.4 Å². The largest absolute Gasteiger partial charge is 0.489 e. The number of hydrogen-bond donors (Lipinski definition) is 1. The third kappa shape index (κ3) is 5.63. The summed E-state index contributed by atoms with van der Waals surface area (Å²) in [6.45, 7) is 2.24. The second-order valence-corrected chi connectivity index (χ2v) is 7.61. The minimum Gasteiger partial charge on any atom is -0.489 e. The van der Waals surface area contributed by atoms with Gasteiger partial charge in [0.15, 0.2) is 0 Å². The third-order valence-electron chi connectivity index (χ3n) is 3.99. The average Bonchev–Trinajstić information content (AvgIpc) is 2.73. The minimum atomic E-state index is -0.222. The Balaban J connectivity index is 1.58. The van der Waals surface area contributed by atoms with Gasteiger partial charge in [0.05, 0.1) is 16.9 Å². The summed E-state index contributed by atoms with van der Waals surface area (Å²) in [6.07, 6.45) is 0. The summed E-state index contributed by atoms with van der Waals surface area (Å²) in [4.78, 5) is 13.5. The van der Waals surface area contributed by atoms with Gasteiger partial charge in [-0.2, -0.15) is 5.26 Å². The molecule has 0 aliphatic carbocycles. The van der Waals surface area contributed by atoms with Crippen LogP contribution in [0.25, 0.3) is 0 Å². The number of hydrogen-bond acceptors (Lipinski definition) is 4. The van der Waals surface area contributed by atoms with Crippen molar-refractivity contribution in [3.05, 3.63) is 90.0 Å². The molecule has 0 saturated carbocycles. The van der Waals surface area contributed by atoms with Crippen molar-refractivity contribution in [3.63, 3.8) is 0 Å². The van der Waals surface area contributed by atoms with E-state index in [1.165, 1.54) is 11.8 Å². The van der Waals surface area contributed by atoms with Gasteiger partial charge in [-0.3, -0.25) is 4.79 Å². The number of amides is 1. The van der Waals surface area contributed by atoms with Gasteiger partial charge in [-0.1, -0.05) is 36.4 Å². The number of anilines is 1. The molecule has 0 bridgehead atoms. The molecule has 0 saturated heterocycles. The summed E-state index contributed by atoms with van der Waals surface area (Å²) in [5.41, 5.74) is 2.21. The Bertz CT molecular complexity index is 983. The van der Waals surface area contributed by atoms with Gasteiger partial charge in [0.25, 0.3) is 0 Å². The number of benzene rings is 3. The van der Waals surface area contributed by atoms with E-state index in [1.54, 1.807) is 18.2 Å². The van der Waals surface area contributed by atoms with E-state index in [-0.39, 0.29) is 11.2 Å². The molecule has 1 unspecified atom stereocenters. The fourth-order valence-electron chi connectivity index (χ4n) is 2.56. The van der Waals surface area contributed by atoms with Gasteiger partial charge in [-0.15, -0.1) is 11.8 Å². The van der Waals surface area contributed by atoms with Crippen LogP contribution in [0.3, 0.4) is 0 Å². The molecule has 0 heterocycles. The molecular formula is C23H20N2O2S. The molecule has 1 amide bonds. The van der Waals surface area contributed by atoms with E-state index in [1.807, 2.05) is 67.6 Å². The molecule has 0 spiro atoms. The monoisotopic (exact) mass is 388 g/mol. The van der Waals surface area contributed by atoms with Crippen LogP contribution in [0.1, 0.15) is 18.1 Å². The topological polar surface area (TPSA) is 62.1 Å². The quantitative estimate of drug-likeness (QED) is 0.561. The Morgan fingerprint density at radius 3 is 2.64 bits per heavy atom. The number of carbonyl (C=O) groups excluding carboxylic acids is 1. The van der Waals surface area contributed by atoms with Crippen LogP contribution < -0.4 is 10.1 Å². The Labute approximate surface area is 169 Å². The molecule has 0 aliphatic rings. The van der Waals surface area contributed by atoms with Crippen molar-refractivity contribution in [2.75, 3.05) is 5.32 Å². The van der Waals surface area contributed by atoms with Crippen LogP contribution in [0.4, 0.5) is 5.69 Å². The fourth-order valence-corrected chi connectivity index (χ4v) is 3.45. The maximum absolute atomic E-state index is 12.5. The third-order valence-corrected chi connectivity index (χ3v) is 5.10. The molecule has 28 heavy (non-hydrogen) atoms. The number of rotatable bonds is 7. The summed E-state index contributed by atoms with van der Waals surface area (Å²) in [7, 11) is 0. The first-order valence-corrected chi connectivity index (χ1v) is 9.76. The van der Waals surface area contributed by atoms with Crippen molar-refractivity contribution >= 4 is 23.4 Å². The number of thioether (sulfide) groups is 1. The lowest BCUT2D eigenvalue weighted by molar-refractivity contribution is -0.115. The molecular weight excluding hydrogens is 368 g/mol. The second kappa shape index (κ2) is 9.63. The molecule has 0 fully saturated rings. The van der Waals surface area contributed by atoms with Gasteiger partial charge in [0, 0.05) is 16.6 Å². The van der Waals surface area contributed by atoms with Gasteiger partial charge in [0.1, 0.15) is 12.4 Å². The van der Waals surface area contributed by atoms with Crippen molar-refractivity contribution in [1.29, 1.82) is 5.26 Å². The van der Waals surface area contributed by atoms with Crippen LogP contribution in [0.2, 0.25) is 0 Å². The van der Waals surface area contributed by atoms with Crippen LogP contribution in [0.5, 0.6) is 5.75 Å². The summed E-state index contributed by atoms with van der Waals surface area (Å²) < 4.78 is 5.80. The molecule has 1 N–H and O–H groups in total. The summed E-state index contributed by atoms with van der Waals surface area (Å²) in [6, 6.07) is 26.6. The number of nitriles is 1. The van der Waals surface area contributed by atoms with Gasteiger partial charge < -0.3 is 10.1 Å². The molecule has 3 aromatic carbocycles. The number of ether oxygens (including phenoxy) is 1. The lowest BCUT2D eigenvalue weighted by atomic mass is 10.1. The molecule has 0 aliphatic heterocycles. The predicted molar refractivity (Wildman–Crippen MR) is 112 cm³/mol. The SMILES string of the molecule is CC(Sc1ccccc1)C(=O)Nc1cccc(OCc2cccc(C#N)c2)c1. The molecule has 3 rings (SSSR count). The van der Waals surface area contributed by atoms with Crippen LogP contribution >= 0.6 is 11.8 Å². The smallest absolute Gasteiger partial charge is 0.237 e. The van der Waals surface area contributed by atoms with Gasteiger partial charge in [0.2, 0.25) is 5.91 Å². The van der Waals surface area contributed by atoms with Gasteiger partial charge >= 0.3 is 0 Å². The highest BCUT2D eigenvalue weighted by Crippen LogP contribution is 2.25. The maximum Gasteiger partial charge on any atom is 0.237 e. The fraction of sp³-hybridized carbons (Fsp3) is 0.130. The summed E-state index contributed by atoms with van der Waals surface area (Å²) >= 11 is 1.52. The predicted octanol–water partition coefficient (Wildman–Crippen LogP) is 5.26. The average molecular weight is 388 g/mol. The summed E-state index contributed by atoms with van der Waals surface area (Å²) in [5.74, 6) is 0.594. The van der Waals surface area contributed by atoms with E-state index >= 15 is 0 Å². The van der Waals surface area contributed by atoms with Crippen LogP contribution in [0.15, 0.2) is 83.8 Å². The lowest BCUT2D eigenvalue weighted by Gasteiger charge is -2.13. The van der Waals surface area contributed by atoms with Gasteiger partial charge in [-0.25, -0.2) is 0 Å². The zero-order valence-electron chi connectivity index (χ0n) is 15.5. The van der Waals surface area contributed by atoms with Gasteiger partial charge in [-0.05, 0) is 48.9 Å². The van der Waals surface area contributed by atoms with E-state index in [0.717, 1.165) is 10.5 Å². The molecule has 5 heteroatoms. The Kier molecular flexibility index (Phi) is 6.72. The first-order valence-electron chi connectivity index (χ1n) is 8.88. The number of nitrogens with zero attached hydrogens (tertiary/aromatic N) is 1. The number of nitrogens with one attached hydrogen (secondary N) is 1. The van der Waals surface area contributed by atoms with Crippen molar-refractivity contribution in [2.45, 2.75) is 23.7 Å². The molecule has 0 aromatic heterocycles. The zero-order chi connectivity index (χ0) is 19.8. The van der Waals surface area contributed by atoms with E-state index in [0.29, 0.717) is 23.6 Å². The highest BCUT2D eigenvalue weighted by atomic mass is 32.2. The van der Waals surface area contributed by atoms with E-state index in [9.17, 15) is 4.79 Å². The second-order valence-electron chi connectivity index (χ2n) is 6.19. The minimum absolute atomic E-state index is 0.0623. The molecule has 1 atom stereocenters. The first kappa shape index (κ1) is 19.5. The van der Waals surface area contributed by atoms with E-state index < -0.39 is 0 Å². The molecule has 4 nitrogen and oxygen atoms in total. The molecule has 3 aromatic rings. The zero-order valence-corrected chi connectivity index (χ0v) is 16.3. The van der Waals surface area contributed by atoms with Crippen molar-refractivity contribution < 1.29 is 9.53 Å². The normalized spacial score (nSPS) is 11.3.